The topological polar surface area (TPSA) is 41.6 Å². The molecule has 1 atom stereocenters. The van der Waals surface area contributed by atoms with Crippen LogP contribution in [0.2, 0.25) is 5.02 Å². The number of halogens is 1. The molecule has 4 nitrogen and oxygen atoms in total. The zero-order valence-electron chi connectivity index (χ0n) is 11.8. The fourth-order valence-corrected chi connectivity index (χ4v) is 2.67. The van der Waals surface area contributed by atoms with Crippen LogP contribution in [0.5, 0.6) is 0 Å². The van der Waals surface area contributed by atoms with Crippen LogP contribution in [-0.2, 0) is 9.53 Å². The van der Waals surface area contributed by atoms with E-state index in [0.29, 0.717) is 13.0 Å². The Morgan fingerprint density at radius 3 is 2.75 bits per heavy atom. The highest BCUT2D eigenvalue weighted by Gasteiger charge is 2.24. The molecule has 0 saturated carbocycles. The van der Waals surface area contributed by atoms with Gasteiger partial charge in [0.05, 0.1) is 19.3 Å². The molecule has 1 aromatic rings. The van der Waals surface area contributed by atoms with E-state index in [1.807, 2.05) is 31.2 Å². The van der Waals surface area contributed by atoms with Gasteiger partial charge in [0, 0.05) is 31.1 Å². The Labute approximate surface area is 125 Å². The molecule has 1 fully saturated rings. The maximum Gasteiger partial charge on any atom is 0.219 e. The highest BCUT2D eigenvalue weighted by Crippen LogP contribution is 2.27. The first-order chi connectivity index (χ1) is 9.72. The molecule has 0 bridgehead atoms. The van der Waals surface area contributed by atoms with Crippen molar-refractivity contribution in [2.45, 2.75) is 19.4 Å². The molecule has 110 valence electrons. The molecule has 5 heteroatoms. The fraction of sp³-hybridized carbons (Fsp3) is 0.533. The summed E-state index contributed by atoms with van der Waals surface area (Å²) >= 11 is 6.32. The molecule has 1 N–H and O–H groups in total. The molecule has 1 aliphatic rings. The van der Waals surface area contributed by atoms with Gasteiger partial charge in [0.25, 0.3) is 0 Å². The first-order valence-corrected chi connectivity index (χ1v) is 7.43. The summed E-state index contributed by atoms with van der Waals surface area (Å²) in [5.74, 6) is 0.0651. The second-order valence-electron chi connectivity index (χ2n) is 4.84. The van der Waals surface area contributed by atoms with Crippen LogP contribution in [0.4, 0.5) is 0 Å². The Kier molecular flexibility index (Phi) is 5.83. The third kappa shape index (κ3) is 3.95. The van der Waals surface area contributed by atoms with Crippen molar-refractivity contribution in [3.05, 3.63) is 34.9 Å². The van der Waals surface area contributed by atoms with Gasteiger partial charge in [0.1, 0.15) is 0 Å². The molecule has 0 spiro atoms. The Morgan fingerprint density at radius 2 is 2.10 bits per heavy atom. The summed E-state index contributed by atoms with van der Waals surface area (Å²) in [6, 6.07) is 7.93. The predicted octanol–water partition coefficient (Wildman–Crippen LogP) is 2.24. The van der Waals surface area contributed by atoms with E-state index in [1.54, 1.807) is 0 Å². The zero-order chi connectivity index (χ0) is 14.4. The number of hydrogen-bond acceptors (Lipinski definition) is 3. The number of ether oxygens (including phenoxy) is 1. The number of benzene rings is 1. The lowest BCUT2D eigenvalue weighted by atomic mass is 10.0. The number of morpholine rings is 1. The number of nitrogens with one attached hydrogen (secondary N) is 1. The van der Waals surface area contributed by atoms with Crippen LogP contribution in [0.25, 0.3) is 0 Å². The highest BCUT2D eigenvalue weighted by molar-refractivity contribution is 6.31. The lowest BCUT2D eigenvalue weighted by Crippen LogP contribution is -2.43. The van der Waals surface area contributed by atoms with E-state index in [9.17, 15) is 4.79 Å². The van der Waals surface area contributed by atoms with E-state index in [2.05, 4.69) is 10.2 Å². The number of hydrogen-bond donors (Lipinski definition) is 1. The maximum atomic E-state index is 11.5. The summed E-state index contributed by atoms with van der Waals surface area (Å²) in [6.07, 6.45) is 0.498. The van der Waals surface area contributed by atoms with Crippen molar-refractivity contribution in [3.8, 4) is 0 Å². The van der Waals surface area contributed by atoms with Crippen LogP contribution in [0.3, 0.4) is 0 Å². The Balaban J connectivity index is 2.14. The van der Waals surface area contributed by atoms with Crippen LogP contribution in [-0.4, -0.2) is 43.7 Å². The minimum Gasteiger partial charge on any atom is -0.379 e. The van der Waals surface area contributed by atoms with E-state index >= 15 is 0 Å². The normalized spacial score (nSPS) is 17.7. The number of amides is 1. The van der Waals surface area contributed by atoms with Crippen molar-refractivity contribution in [2.24, 2.45) is 0 Å². The molecule has 20 heavy (non-hydrogen) atoms. The zero-order valence-corrected chi connectivity index (χ0v) is 12.5. The fourth-order valence-electron chi connectivity index (χ4n) is 2.41. The molecule has 1 saturated heterocycles. The van der Waals surface area contributed by atoms with E-state index < -0.39 is 0 Å². The Hall–Kier alpha value is -1.10. The lowest BCUT2D eigenvalue weighted by Gasteiger charge is -2.35. The molecule has 1 heterocycles. The van der Waals surface area contributed by atoms with Crippen molar-refractivity contribution in [1.29, 1.82) is 0 Å². The molecule has 1 aliphatic heterocycles. The van der Waals surface area contributed by atoms with Crippen molar-refractivity contribution in [3.63, 3.8) is 0 Å². The molecule has 2 rings (SSSR count). The molecule has 0 aromatic heterocycles. The second kappa shape index (κ2) is 7.62. The average Bonchev–Trinajstić information content (AvgIpc) is 2.50. The summed E-state index contributed by atoms with van der Waals surface area (Å²) in [4.78, 5) is 13.8. The summed E-state index contributed by atoms with van der Waals surface area (Å²) < 4.78 is 5.40. The van der Waals surface area contributed by atoms with Crippen LogP contribution in [0, 0.1) is 0 Å². The first-order valence-electron chi connectivity index (χ1n) is 7.05. The molecule has 0 aliphatic carbocycles. The molecular weight excluding hydrogens is 276 g/mol. The highest BCUT2D eigenvalue weighted by atomic mass is 35.5. The van der Waals surface area contributed by atoms with E-state index in [4.69, 9.17) is 16.3 Å². The first kappa shape index (κ1) is 15.3. The third-order valence-electron chi connectivity index (χ3n) is 3.56. The number of carbonyl (C=O) groups is 1. The van der Waals surface area contributed by atoms with Gasteiger partial charge in [-0.25, -0.2) is 0 Å². The third-order valence-corrected chi connectivity index (χ3v) is 3.91. The molecule has 1 unspecified atom stereocenters. The van der Waals surface area contributed by atoms with Gasteiger partial charge in [-0.2, -0.15) is 0 Å². The SMILES string of the molecule is CCC(=O)NCC(c1ccccc1Cl)N1CCOCC1. The molecular formula is C15H21ClN2O2. The van der Waals surface area contributed by atoms with Gasteiger partial charge in [-0.1, -0.05) is 36.7 Å². The number of carbonyl (C=O) groups excluding carboxylic acids is 1. The minimum absolute atomic E-state index is 0.0651. The predicted molar refractivity (Wildman–Crippen MR) is 79.9 cm³/mol. The summed E-state index contributed by atoms with van der Waals surface area (Å²) in [7, 11) is 0. The van der Waals surface area contributed by atoms with Gasteiger partial charge in [-0.3, -0.25) is 9.69 Å². The van der Waals surface area contributed by atoms with Crippen molar-refractivity contribution >= 4 is 17.5 Å². The minimum atomic E-state index is 0.0651. The van der Waals surface area contributed by atoms with Crippen molar-refractivity contribution < 1.29 is 9.53 Å². The van der Waals surface area contributed by atoms with Gasteiger partial charge < -0.3 is 10.1 Å². The Bertz CT molecular complexity index is 447. The lowest BCUT2D eigenvalue weighted by molar-refractivity contribution is -0.121. The van der Waals surface area contributed by atoms with Gasteiger partial charge in [-0.05, 0) is 11.6 Å². The van der Waals surface area contributed by atoms with E-state index in [0.717, 1.165) is 36.9 Å². The Morgan fingerprint density at radius 1 is 1.40 bits per heavy atom. The number of rotatable bonds is 5. The van der Waals surface area contributed by atoms with E-state index in [1.165, 1.54) is 0 Å². The second-order valence-corrected chi connectivity index (χ2v) is 5.25. The molecule has 1 aromatic carbocycles. The van der Waals surface area contributed by atoms with Crippen LogP contribution in [0.15, 0.2) is 24.3 Å². The van der Waals surface area contributed by atoms with Crippen LogP contribution < -0.4 is 5.32 Å². The van der Waals surface area contributed by atoms with Crippen molar-refractivity contribution in [2.75, 3.05) is 32.8 Å². The van der Waals surface area contributed by atoms with Crippen LogP contribution in [0.1, 0.15) is 24.9 Å². The number of nitrogens with zero attached hydrogens (tertiary/aromatic N) is 1. The average molecular weight is 297 g/mol. The standard InChI is InChI=1S/C15H21ClN2O2/c1-2-15(19)17-11-14(18-7-9-20-10-8-18)12-5-3-4-6-13(12)16/h3-6,14H,2,7-11H2,1H3,(H,17,19). The molecule has 1 amide bonds. The quantitative estimate of drug-likeness (QED) is 0.906. The van der Waals surface area contributed by atoms with E-state index in [-0.39, 0.29) is 11.9 Å². The van der Waals surface area contributed by atoms with Gasteiger partial charge in [0.15, 0.2) is 0 Å². The summed E-state index contributed by atoms with van der Waals surface area (Å²) in [6.45, 7) is 5.60. The summed E-state index contributed by atoms with van der Waals surface area (Å²) in [5, 5.41) is 3.72. The van der Waals surface area contributed by atoms with Crippen molar-refractivity contribution in [1.82, 2.24) is 10.2 Å². The van der Waals surface area contributed by atoms with Gasteiger partial charge in [-0.15, -0.1) is 0 Å². The molecule has 0 radical (unpaired) electrons. The van der Waals surface area contributed by atoms with Crippen LogP contribution >= 0.6 is 11.6 Å². The van der Waals surface area contributed by atoms with Gasteiger partial charge in [0.2, 0.25) is 5.91 Å². The maximum absolute atomic E-state index is 11.5. The van der Waals surface area contributed by atoms with Gasteiger partial charge >= 0.3 is 0 Å². The smallest absolute Gasteiger partial charge is 0.219 e. The summed E-state index contributed by atoms with van der Waals surface area (Å²) in [5.41, 5.74) is 1.06. The largest absolute Gasteiger partial charge is 0.379 e. The monoisotopic (exact) mass is 296 g/mol.